The molecular formula is C22H20N2O3S2. The minimum Gasteiger partial charge on any atom is -0.463 e. The first-order chi connectivity index (χ1) is 14.2. The van der Waals surface area contributed by atoms with Gasteiger partial charge in [0.2, 0.25) is 0 Å². The number of esters is 1. The molecule has 0 bridgehead atoms. The van der Waals surface area contributed by atoms with E-state index in [0.29, 0.717) is 17.9 Å². The first-order valence-electron chi connectivity index (χ1n) is 9.01. The molecule has 0 atom stereocenters. The van der Waals surface area contributed by atoms with Crippen LogP contribution in [0.15, 0.2) is 70.4 Å². The quantitative estimate of drug-likeness (QED) is 0.303. The van der Waals surface area contributed by atoms with Gasteiger partial charge in [0.25, 0.3) is 5.91 Å². The van der Waals surface area contributed by atoms with Crippen molar-refractivity contribution in [3.05, 3.63) is 82.3 Å². The molecular weight excluding hydrogens is 404 g/mol. The maximum atomic E-state index is 12.8. The Hall–Kier alpha value is -2.90. The molecule has 0 fully saturated rings. The lowest BCUT2D eigenvalue weighted by atomic mass is 10.1. The van der Waals surface area contributed by atoms with Crippen LogP contribution in [0.25, 0.3) is 6.08 Å². The first kappa shape index (κ1) is 20.8. The van der Waals surface area contributed by atoms with Gasteiger partial charge in [-0.05, 0) is 42.8 Å². The SMILES string of the molecule is CCOC(=O)/C=C/c1ccc(NC(=O)c2ccccc2SCc2cscn2)cc1. The van der Waals surface area contributed by atoms with Gasteiger partial charge in [0.05, 0.1) is 23.4 Å². The number of nitrogens with one attached hydrogen (secondary N) is 1. The standard InChI is InChI=1S/C22H20N2O3S2/c1-2-27-21(25)12-9-16-7-10-17(11-8-16)24-22(26)19-5-3-4-6-20(19)29-14-18-13-28-15-23-18/h3-13,15H,2,14H2,1H3,(H,24,26)/b12-9+. The molecule has 0 radical (unpaired) electrons. The molecule has 0 unspecified atom stereocenters. The highest BCUT2D eigenvalue weighted by Gasteiger charge is 2.12. The number of ether oxygens (including phenoxy) is 1. The van der Waals surface area contributed by atoms with Crippen LogP contribution in [0.3, 0.4) is 0 Å². The topological polar surface area (TPSA) is 68.3 Å². The van der Waals surface area contributed by atoms with E-state index in [1.165, 1.54) is 6.08 Å². The number of amides is 1. The van der Waals surface area contributed by atoms with Crippen LogP contribution in [0, 0.1) is 0 Å². The monoisotopic (exact) mass is 424 g/mol. The summed E-state index contributed by atoms with van der Waals surface area (Å²) in [7, 11) is 0. The Morgan fingerprint density at radius 3 is 2.69 bits per heavy atom. The second kappa shape index (κ2) is 10.6. The van der Waals surface area contributed by atoms with Gasteiger partial charge in [-0.25, -0.2) is 9.78 Å². The summed E-state index contributed by atoms with van der Waals surface area (Å²) < 4.78 is 4.86. The van der Waals surface area contributed by atoms with Crippen molar-refractivity contribution in [2.45, 2.75) is 17.6 Å². The third kappa shape index (κ3) is 6.30. The number of benzene rings is 2. The van der Waals surface area contributed by atoms with Crippen molar-refractivity contribution < 1.29 is 14.3 Å². The highest BCUT2D eigenvalue weighted by atomic mass is 32.2. The van der Waals surface area contributed by atoms with Crippen molar-refractivity contribution in [3.8, 4) is 0 Å². The number of hydrogen-bond acceptors (Lipinski definition) is 6. The molecule has 1 heterocycles. The molecule has 3 aromatic rings. The average Bonchev–Trinajstić information content (AvgIpc) is 3.26. The van der Waals surface area contributed by atoms with Crippen LogP contribution >= 0.6 is 23.1 Å². The third-order valence-corrected chi connectivity index (χ3v) is 5.60. The minimum atomic E-state index is -0.378. The lowest BCUT2D eigenvalue weighted by Gasteiger charge is -2.10. The molecule has 5 nitrogen and oxygen atoms in total. The molecule has 148 valence electrons. The zero-order valence-electron chi connectivity index (χ0n) is 15.8. The van der Waals surface area contributed by atoms with Crippen LogP contribution < -0.4 is 5.32 Å². The van der Waals surface area contributed by atoms with Crippen molar-refractivity contribution in [2.75, 3.05) is 11.9 Å². The van der Waals surface area contributed by atoms with Gasteiger partial charge in [-0.2, -0.15) is 0 Å². The Balaban J connectivity index is 1.63. The number of carbonyl (C=O) groups excluding carboxylic acids is 2. The predicted octanol–water partition coefficient (Wildman–Crippen LogP) is 5.26. The molecule has 7 heteroatoms. The molecule has 1 amide bonds. The lowest BCUT2D eigenvalue weighted by molar-refractivity contribution is -0.137. The molecule has 0 spiro atoms. The van der Waals surface area contributed by atoms with E-state index < -0.39 is 0 Å². The molecule has 29 heavy (non-hydrogen) atoms. The molecule has 0 aliphatic heterocycles. The highest BCUT2D eigenvalue weighted by molar-refractivity contribution is 7.98. The largest absolute Gasteiger partial charge is 0.463 e. The zero-order chi connectivity index (χ0) is 20.5. The second-order valence-electron chi connectivity index (χ2n) is 5.93. The fraction of sp³-hybridized carbons (Fsp3) is 0.136. The summed E-state index contributed by atoms with van der Waals surface area (Å²) in [6, 6.07) is 14.8. The van der Waals surface area contributed by atoms with Gasteiger partial charge in [-0.15, -0.1) is 23.1 Å². The van der Waals surface area contributed by atoms with Gasteiger partial charge in [0.15, 0.2) is 0 Å². The van der Waals surface area contributed by atoms with Crippen molar-refractivity contribution >= 4 is 46.7 Å². The van der Waals surface area contributed by atoms with Gasteiger partial charge >= 0.3 is 5.97 Å². The van der Waals surface area contributed by atoms with Crippen LogP contribution in [0.5, 0.6) is 0 Å². The third-order valence-electron chi connectivity index (χ3n) is 3.86. The fourth-order valence-corrected chi connectivity index (χ4v) is 4.09. The maximum Gasteiger partial charge on any atom is 0.330 e. The summed E-state index contributed by atoms with van der Waals surface area (Å²) in [6.45, 7) is 2.11. The van der Waals surface area contributed by atoms with E-state index in [-0.39, 0.29) is 11.9 Å². The first-order valence-corrected chi connectivity index (χ1v) is 10.9. The van der Waals surface area contributed by atoms with E-state index in [0.717, 1.165) is 21.9 Å². The van der Waals surface area contributed by atoms with Crippen LogP contribution in [0.2, 0.25) is 0 Å². The van der Waals surface area contributed by atoms with E-state index in [2.05, 4.69) is 10.3 Å². The van der Waals surface area contributed by atoms with E-state index in [1.807, 2.05) is 41.8 Å². The summed E-state index contributed by atoms with van der Waals surface area (Å²) in [5, 5.41) is 4.93. The number of thiazole rings is 1. The maximum absolute atomic E-state index is 12.8. The van der Waals surface area contributed by atoms with Crippen molar-refractivity contribution in [3.63, 3.8) is 0 Å². The number of hydrogen-bond donors (Lipinski definition) is 1. The van der Waals surface area contributed by atoms with Crippen molar-refractivity contribution in [1.29, 1.82) is 0 Å². The van der Waals surface area contributed by atoms with Gasteiger partial charge in [0.1, 0.15) is 0 Å². The van der Waals surface area contributed by atoms with Gasteiger partial charge in [-0.1, -0.05) is 24.3 Å². The zero-order valence-corrected chi connectivity index (χ0v) is 17.5. The highest BCUT2D eigenvalue weighted by Crippen LogP contribution is 2.27. The molecule has 1 N–H and O–H groups in total. The molecule has 2 aromatic carbocycles. The molecule has 1 aromatic heterocycles. The van der Waals surface area contributed by atoms with Gasteiger partial charge in [-0.3, -0.25) is 4.79 Å². The Morgan fingerprint density at radius 1 is 1.17 bits per heavy atom. The van der Waals surface area contributed by atoms with Crippen molar-refractivity contribution in [2.24, 2.45) is 0 Å². The molecule has 0 saturated carbocycles. The lowest BCUT2D eigenvalue weighted by Crippen LogP contribution is -2.12. The van der Waals surface area contributed by atoms with E-state index in [4.69, 9.17) is 4.74 Å². The number of aromatic nitrogens is 1. The van der Waals surface area contributed by atoms with Crippen LogP contribution in [0.4, 0.5) is 5.69 Å². The number of thioether (sulfide) groups is 1. The summed E-state index contributed by atoms with van der Waals surface area (Å²) in [5.74, 6) is 0.174. The van der Waals surface area contributed by atoms with E-state index in [9.17, 15) is 9.59 Å². The fourth-order valence-electron chi connectivity index (χ4n) is 2.47. The normalized spacial score (nSPS) is 10.8. The van der Waals surface area contributed by atoms with E-state index in [1.54, 1.807) is 53.7 Å². The molecule has 3 rings (SSSR count). The summed E-state index contributed by atoms with van der Waals surface area (Å²) in [4.78, 5) is 29.3. The average molecular weight is 425 g/mol. The Bertz CT molecular complexity index is 984. The van der Waals surface area contributed by atoms with E-state index >= 15 is 0 Å². The number of anilines is 1. The Morgan fingerprint density at radius 2 is 1.97 bits per heavy atom. The number of nitrogens with zero attached hydrogens (tertiary/aromatic N) is 1. The summed E-state index contributed by atoms with van der Waals surface area (Å²) >= 11 is 3.15. The summed E-state index contributed by atoms with van der Waals surface area (Å²) in [5.41, 5.74) is 4.96. The van der Waals surface area contributed by atoms with Gasteiger partial charge in [0, 0.05) is 27.8 Å². The molecule has 0 saturated heterocycles. The predicted molar refractivity (Wildman–Crippen MR) is 118 cm³/mol. The summed E-state index contributed by atoms with van der Waals surface area (Å²) in [6.07, 6.45) is 3.06. The number of rotatable bonds is 8. The second-order valence-corrected chi connectivity index (χ2v) is 7.66. The molecule has 0 aliphatic carbocycles. The van der Waals surface area contributed by atoms with Crippen LogP contribution in [-0.4, -0.2) is 23.5 Å². The minimum absolute atomic E-state index is 0.166. The Kier molecular flexibility index (Phi) is 7.61. The Labute approximate surface area is 177 Å². The smallest absolute Gasteiger partial charge is 0.330 e. The van der Waals surface area contributed by atoms with Crippen LogP contribution in [-0.2, 0) is 15.3 Å². The van der Waals surface area contributed by atoms with Crippen LogP contribution in [0.1, 0.15) is 28.5 Å². The van der Waals surface area contributed by atoms with Gasteiger partial charge < -0.3 is 10.1 Å². The number of carbonyl (C=O) groups is 2. The molecule has 0 aliphatic rings. The van der Waals surface area contributed by atoms with Crippen molar-refractivity contribution in [1.82, 2.24) is 4.98 Å².